The fourth-order valence-corrected chi connectivity index (χ4v) is 1.19. The fraction of sp³-hybridized carbons (Fsp3) is 0.900. The molecule has 0 amide bonds. The first-order chi connectivity index (χ1) is 5.57. The minimum absolute atomic E-state index is 0.283. The molecule has 2 nitrogen and oxygen atoms in total. The van der Waals surface area contributed by atoms with E-state index in [1.165, 1.54) is 12.8 Å². The lowest BCUT2D eigenvalue weighted by atomic mass is 10.1. The van der Waals surface area contributed by atoms with Crippen LogP contribution in [0.3, 0.4) is 0 Å². The zero-order chi connectivity index (χ0) is 9.56. The first-order valence-electron chi connectivity index (χ1n) is 4.77. The van der Waals surface area contributed by atoms with Gasteiger partial charge in [-0.15, -0.1) is 0 Å². The molecule has 1 atom stereocenters. The summed E-state index contributed by atoms with van der Waals surface area (Å²) < 4.78 is 0. The Labute approximate surface area is 75.9 Å². The highest BCUT2D eigenvalue weighted by molar-refractivity contribution is 5.75. The molecule has 0 spiro atoms. The fourth-order valence-electron chi connectivity index (χ4n) is 1.19. The number of ketones is 1. The van der Waals surface area contributed by atoms with Crippen molar-refractivity contribution >= 4 is 5.78 Å². The molecule has 2 heteroatoms. The maximum atomic E-state index is 10.7. The number of rotatable bonds is 6. The van der Waals surface area contributed by atoms with Crippen LogP contribution in [0.1, 0.15) is 40.0 Å². The van der Waals surface area contributed by atoms with Gasteiger partial charge < -0.3 is 4.90 Å². The van der Waals surface area contributed by atoms with Crippen LogP contribution in [0.15, 0.2) is 0 Å². The first kappa shape index (κ1) is 11.6. The van der Waals surface area contributed by atoms with Gasteiger partial charge in [0.2, 0.25) is 0 Å². The van der Waals surface area contributed by atoms with Gasteiger partial charge in [-0.1, -0.05) is 13.3 Å². The molecule has 0 N–H and O–H groups in total. The van der Waals surface area contributed by atoms with E-state index in [4.69, 9.17) is 0 Å². The largest absolute Gasteiger partial charge is 0.303 e. The van der Waals surface area contributed by atoms with Gasteiger partial charge in [0.25, 0.3) is 0 Å². The van der Waals surface area contributed by atoms with Gasteiger partial charge in [0, 0.05) is 19.0 Å². The molecule has 1 unspecified atom stereocenters. The zero-order valence-corrected chi connectivity index (χ0v) is 8.76. The first-order valence-corrected chi connectivity index (χ1v) is 4.77. The van der Waals surface area contributed by atoms with Crippen molar-refractivity contribution in [2.24, 2.45) is 0 Å². The second-order valence-electron chi connectivity index (χ2n) is 3.57. The van der Waals surface area contributed by atoms with E-state index >= 15 is 0 Å². The highest BCUT2D eigenvalue weighted by atomic mass is 16.1. The SMILES string of the molecule is CCCC(C)N(C)CCC(C)=O. The molecule has 0 saturated carbocycles. The molecule has 0 bridgehead atoms. The molecule has 0 heterocycles. The van der Waals surface area contributed by atoms with Crippen molar-refractivity contribution < 1.29 is 4.79 Å². The molecule has 0 aliphatic rings. The molecule has 12 heavy (non-hydrogen) atoms. The highest BCUT2D eigenvalue weighted by Crippen LogP contribution is 2.04. The molecule has 0 aliphatic heterocycles. The molecule has 72 valence electrons. The topological polar surface area (TPSA) is 20.3 Å². The smallest absolute Gasteiger partial charge is 0.131 e. The predicted octanol–water partition coefficient (Wildman–Crippen LogP) is 2.09. The van der Waals surface area contributed by atoms with Crippen LogP contribution in [0.2, 0.25) is 0 Å². The van der Waals surface area contributed by atoms with Gasteiger partial charge in [0.05, 0.1) is 0 Å². The van der Waals surface area contributed by atoms with E-state index in [1.807, 2.05) is 0 Å². The lowest BCUT2D eigenvalue weighted by molar-refractivity contribution is -0.117. The molecule has 0 radical (unpaired) electrons. The van der Waals surface area contributed by atoms with Crippen LogP contribution >= 0.6 is 0 Å². The van der Waals surface area contributed by atoms with Crippen molar-refractivity contribution in [2.45, 2.75) is 46.1 Å². The summed E-state index contributed by atoms with van der Waals surface area (Å²) >= 11 is 0. The number of carbonyl (C=O) groups excluding carboxylic acids is 1. The van der Waals surface area contributed by atoms with Crippen LogP contribution < -0.4 is 0 Å². The third-order valence-electron chi connectivity index (χ3n) is 2.28. The van der Waals surface area contributed by atoms with Gasteiger partial charge in [-0.3, -0.25) is 4.79 Å². The van der Waals surface area contributed by atoms with E-state index in [2.05, 4.69) is 25.8 Å². The molecule has 0 saturated heterocycles. The van der Waals surface area contributed by atoms with Gasteiger partial charge in [0.15, 0.2) is 0 Å². The summed E-state index contributed by atoms with van der Waals surface area (Å²) in [6, 6.07) is 0.606. The Hall–Kier alpha value is -0.370. The number of hydrogen-bond donors (Lipinski definition) is 0. The minimum atomic E-state index is 0.283. The number of hydrogen-bond acceptors (Lipinski definition) is 2. The Kier molecular flexibility index (Phi) is 5.99. The van der Waals surface area contributed by atoms with Crippen molar-refractivity contribution in [3.05, 3.63) is 0 Å². The molecule has 0 aromatic heterocycles. The van der Waals surface area contributed by atoms with Gasteiger partial charge in [-0.05, 0) is 27.3 Å². The Morgan fingerprint density at radius 3 is 2.50 bits per heavy atom. The average Bonchev–Trinajstić information content (AvgIpc) is 2.00. The van der Waals surface area contributed by atoms with Crippen LogP contribution in [0.25, 0.3) is 0 Å². The third-order valence-corrected chi connectivity index (χ3v) is 2.28. The molecule has 0 rings (SSSR count). The van der Waals surface area contributed by atoms with Gasteiger partial charge in [-0.25, -0.2) is 0 Å². The monoisotopic (exact) mass is 171 g/mol. The summed E-state index contributed by atoms with van der Waals surface area (Å²) in [7, 11) is 2.09. The molecule has 0 aromatic rings. The number of carbonyl (C=O) groups is 1. The normalized spacial score (nSPS) is 13.4. The van der Waals surface area contributed by atoms with E-state index in [9.17, 15) is 4.79 Å². The number of Topliss-reactive ketones (excluding diaryl/α,β-unsaturated/α-hetero) is 1. The molecule has 0 aliphatic carbocycles. The van der Waals surface area contributed by atoms with Crippen molar-refractivity contribution in [2.75, 3.05) is 13.6 Å². The predicted molar refractivity (Wildman–Crippen MR) is 52.3 cm³/mol. The van der Waals surface area contributed by atoms with Crippen molar-refractivity contribution in [3.8, 4) is 0 Å². The summed E-state index contributed by atoms with van der Waals surface area (Å²) in [5.74, 6) is 0.283. The Morgan fingerprint density at radius 1 is 1.50 bits per heavy atom. The van der Waals surface area contributed by atoms with Crippen molar-refractivity contribution in [3.63, 3.8) is 0 Å². The van der Waals surface area contributed by atoms with E-state index in [0.717, 1.165) is 6.54 Å². The molecule has 0 aromatic carbocycles. The van der Waals surface area contributed by atoms with E-state index in [-0.39, 0.29) is 5.78 Å². The Morgan fingerprint density at radius 2 is 2.08 bits per heavy atom. The van der Waals surface area contributed by atoms with Crippen LogP contribution in [-0.4, -0.2) is 30.3 Å². The van der Waals surface area contributed by atoms with E-state index in [0.29, 0.717) is 12.5 Å². The molecular weight excluding hydrogens is 150 g/mol. The van der Waals surface area contributed by atoms with Crippen molar-refractivity contribution in [1.82, 2.24) is 4.90 Å². The quantitative estimate of drug-likeness (QED) is 0.610. The van der Waals surface area contributed by atoms with Gasteiger partial charge in [0.1, 0.15) is 5.78 Å². The van der Waals surface area contributed by atoms with Crippen LogP contribution in [0.4, 0.5) is 0 Å². The Balaban J connectivity index is 3.55. The molecular formula is C10H21NO. The second-order valence-corrected chi connectivity index (χ2v) is 3.57. The third kappa shape index (κ3) is 5.30. The lowest BCUT2D eigenvalue weighted by Gasteiger charge is -2.23. The van der Waals surface area contributed by atoms with Crippen LogP contribution in [0.5, 0.6) is 0 Å². The zero-order valence-electron chi connectivity index (χ0n) is 8.76. The van der Waals surface area contributed by atoms with Crippen LogP contribution in [0, 0.1) is 0 Å². The van der Waals surface area contributed by atoms with Gasteiger partial charge >= 0.3 is 0 Å². The highest BCUT2D eigenvalue weighted by Gasteiger charge is 2.07. The second kappa shape index (κ2) is 6.18. The summed E-state index contributed by atoms with van der Waals surface area (Å²) in [5, 5.41) is 0. The van der Waals surface area contributed by atoms with E-state index < -0.39 is 0 Å². The number of nitrogens with zero attached hydrogens (tertiary/aromatic N) is 1. The summed E-state index contributed by atoms with van der Waals surface area (Å²) in [6.07, 6.45) is 3.12. The summed E-state index contributed by atoms with van der Waals surface area (Å²) in [4.78, 5) is 13.0. The maximum Gasteiger partial charge on any atom is 0.131 e. The standard InChI is InChI=1S/C10H21NO/c1-5-6-9(2)11(4)8-7-10(3)12/h9H,5-8H2,1-4H3. The summed E-state index contributed by atoms with van der Waals surface area (Å²) in [5.41, 5.74) is 0. The lowest BCUT2D eigenvalue weighted by Crippen LogP contribution is -2.30. The van der Waals surface area contributed by atoms with Gasteiger partial charge in [-0.2, -0.15) is 0 Å². The average molecular weight is 171 g/mol. The molecule has 0 fully saturated rings. The Bertz CT molecular complexity index is 134. The maximum absolute atomic E-state index is 10.7. The minimum Gasteiger partial charge on any atom is -0.303 e. The van der Waals surface area contributed by atoms with Crippen LogP contribution in [-0.2, 0) is 4.79 Å². The van der Waals surface area contributed by atoms with E-state index in [1.54, 1.807) is 6.92 Å². The van der Waals surface area contributed by atoms with Crippen molar-refractivity contribution in [1.29, 1.82) is 0 Å². The summed E-state index contributed by atoms with van der Waals surface area (Å²) in [6.45, 7) is 6.95.